The molecule has 1 fully saturated rings. The lowest BCUT2D eigenvalue weighted by molar-refractivity contribution is 0.137. The Kier molecular flexibility index (Phi) is 5.53. The molecule has 0 bridgehead atoms. The maximum atomic E-state index is 10.0. The molecule has 0 aliphatic heterocycles. The molecular formula is C17H27NOS. The average Bonchev–Trinajstić information content (AvgIpc) is 2.40. The maximum absolute atomic E-state index is 10.0. The Morgan fingerprint density at radius 1 is 1.15 bits per heavy atom. The molecule has 20 heavy (non-hydrogen) atoms. The average molecular weight is 293 g/mol. The van der Waals surface area contributed by atoms with Crippen molar-refractivity contribution in [2.45, 2.75) is 74.8 Å². The predicted octanol–water partition coefficient (Wildman–Crippen LogP) is 3.97. The van der Waals surface area contributed by atoms with E-state index >= 15 is 0 Å². The largest absolute Gasteiger partial charge is 0.392 e. The molecule has 2 rings (SSSR count). The molecule has 1 aromatic carbocycles. The number of aliphatic hydroxyl groups is 1. The van der Waals surface area contributed by atoms with E-state index in [9.17, 15) is 5.11 Å². The van der Waals surface area contributed by atoms with Gasteiger partial charge < -0.3 is 10.4 Å². The first-order valence-electron chi connectivity index (χ1n) is 7.63. The first kappa shape index (κ1) is 15.9. The van der Waals surface area contributed by atoms with E-state index in [0.29, 0.717) is 5.25 Å². The third kappa shape index (κ3) is 5.12. The van der Waals surface area contributed by atoms with E-state index in [0.717, 1.165) is 19.4 Å². The van der Waals surface area contributed by atoms with Crippen LogP contribution in [0.4, 0.5) is 0 Å². The van der Waals surface area contributed by atoms with E-state index in [2.05, 4.69) is 50.4 Å². The van der Waals surface area contributed by atoms with Gasteiger partial charge in [-0.2, -0.15) is 0 Å². The number of benzene rings is 1. The summed E-state index contributed by atoms with van der Waals surface area (Å²) in [4.78, 5) is 1.27. The number of hydrogen-bond donors (Lipinski definition) is 2. The normalized spacial score (nSPS) is 23.8. The van der Waals surface area contributed by atoms with Gasteiger partial charge in [-0.3, -0.25) is 0 Å². The molecule has 0 amide bonds. The van der Waals surface area contributed by atoms with Crippen molar-refractivity contribution in [3.05, 3.63) is 29.8 Å². The Bertz CT molecular complexity index is 410. The zero-order valence-electron chi connectivity index (χ0n) is 12.9. The Hall–Kier alpha value is -0.510. The second kappa shape index (κ2) is 6.97. The van der Waals surface area contributed by atoms with Crippen molar-refractivity contribution in [2.24, 2.45) is 0 Å². The van der Waals surface area contributed by atoms with Crippen LogP contribution in [0, 0.1) is 0 Å². The lowest BCUT2D eigenvalue weighted by Gasteiger charge is -2.27. The molecule has 2 unspecified atom stereocenters. The van der Waals surface area contributed by atoms with Gasteiger partial charge in [0.1, 0.15) is 0 Å². The minimum atomic E-state index is -0.129. The Labute approximate surface area is 127 Å². The van der Waals surface area contributed by atoms with E-state index < -0.39 is 0 Å². The zero-order valence-corrected chi connectivity index (χ0v) is 13.7. The molecule has 1 saturated carbocycles. The molecule has 0 spiro atoms. The lowest BCUT2D eigenvalue weighted by Crippen LogP contribution is -2.35. The molecule has 0 heterocycles. The number of hydrogen-bond acceptors (Lipinski definition) is 3. The van der Waals surface area contributed by atoms with Gasteiger partial charge in [0.05, 0.1) is 6.10 Å². The van der Waals surface area contributed by atoms with Crippen LogP contribution in [0.2, 0.25) is 0 Å². The highest BCUT2D eigenvalue weighted by Crippen LogP contribution is 2.33. The highest BCUT2D eigenvalue weighted by Gasteiger charge is 2.23. The van der Waals surface area contributed by atoms with Gasteiger partial charge in [0.25, 0.3) is 0 Å². The highest BCUT2D eigenvalue weighted by atomic mass is 32.2. The minimum absolute atomic E-state index is 0.129. The first-order valence-corrected chi connectivity index (χ1v) is 8.51. The summed E-state index contributed by atoms with van der Waals surface area (Å²) in [5, 5.41) is 13.9. The Morgan fingerprint density at radius 2 is 1.80 bits per heavy atom. The van der Waals surface area contributed by atoms with E-state index in [1.807, 2.05) is 11.8 Å². The Morgan fingerprint density at radius 3 is 2.40 bits per heavy atom. The molecule has 0 radical (unpaired) electrons. The van der Waals surface area contributed by atoms with E-state index in [1.54, 1.807) is 0 Å². The predicted molar refractivity (Wildman–Crippen MR) is 87.2 cm³/mol. The van der Waals surface area contributed by atoms with Crippen LogP contribution in [0.3, 0.4) is 0 Å². The molecule has 0 aromatic heterocycles. The van der Waals surface area contributed by atoms with Crippen molar-refractivity contribution >= 4 is 11.8 Å². The van der Waals surface area contributed by atoms with Crippen molar-refractivity contribution in [1.82, 2.24) is 5.32 Å². The van der Waals surface area contributed by atoms with Gasteiger partial charge in [-0.05, 0) is 51.3 Å². The maximum Gasteiger partial charge on any atom is 0.0662 e. The third-order valence-corrected chi connectivity index (χ3v) is 5.10. The molecule has 1 aromatic rings. The number of nitrogens with one attached hydrogen (secondary N) is 1. The van der Waals surface area contributed by atoms with Crippen molar-refractivity contribution in [2.75, 3.05) is 0 Å². The van der Waals surface area contributed by atoms with Crippen molar-refractivity contribution in [3.8, 4) is 0 Å². The SMILES string of the molecule is CC(C)(C)NCc1ccc(SC2CCCCC2O)cc1. The zero-order chi connectivity index (χ0) is 14.6. The molecular weight excluding hydrogens is 266 g/mol. The highest BCUT2D eigenvalue weighted by molar-refractivity contribution is 8.00. The molecule has 2 atom stereocenters. The van der Waals surface area contributed by atoms with Crippen molar-refractivity contribution in [1.29, 1.82) is 0 Å². The first-order chi connectivity index (χ1) is 9.44. The van der Waals surface area contributed by atoms with E-state index in [4.69, 9.17) is 0 Å². The summed E-state index contributed by atoms with van der Waals surface area (Å²) in [7, 11) is 0. The van der Waals surface area contributed by atoms with Crippen LogP contribution in [0.15, 0.2) is 29.2 Å². The summed E-state index contributed by atoms with van der Waals surface area (Å²) in [5.41, 5.74) is 1.47. The minimum Gasteiger partial charge on any atom is -0.392 e. The molecule has 0 saturated heterocycles. The van der Waals surface area contributed by atoms with Crippen LogP contribution < -0.4 is 5.32 Å². The molecule has 112 valence electrons. The topological polar surface area (TPSA) is 32.3 Å². The summed E-state index contributed by atoms with van der Waals surface area (Å²) < 4.78 is 0. The van der Waals surface area contributed by atoms with Crippen molar-refractivity contribution in [3.63, 3.8) is 0 Å². The van der Waals surface area contributed by atoms with Gasteiger partial charge in [0, 0.05) is 22.2 Å². The van der Waals surface area contributed by atoms with Crippen LogP contribution >= 0.6 is 11.8 Å². The van der Waals surface area contributed by atoms with Gasteiger partial charge in [0.2, 0.25) is 0 Å². The molecule has 2 nitrogen and oxygen atoms in total. The van der Waals surface area contributed by atoms with Crippen LogP contribution in [-0.2, 0) is 6.54 Å². The summed E-state index contributed by atoms with van der Waals surface area (Å²) in [6.45, 7) is 7.45. The fourth-order valence-corrected chi connectivity index (χ4v) is 3.66. The number of aliphatic hydroxyl groups excluding tert-OH is 1. The number of rotatable bonds is 4. The van der Waals surface area contributed by atoms with E-state index in [1.165, 1.54) is 23.3 Å². The van der Waals surface area contributed by atoms with Gasteiger partial charge in [0.15, 0.2) is 0 Å². The van der Waals surface area contributed by atoms with Gasteiger partial charge in [-0.1, -0.05) is 25.0 Å². The second-order valence-electron chi connectivity index (χ2n) is 6.76. The van der Waals surface area contributed by atoms with E-state index in [-0.39, 0.29) is 11.6 Å². The molecule has 3 heteroatoms. The monoisotopic (exact) mass is 293 g/mol. The Balaban J connectivity index is 1.88. The number of thioether (sulfide) groups is 1. The lowest BCUT2D eigenvalue weighted by atomic mass is 9.97. The van der Waals surface area contributed by atoms with Crippen LogP contribution in [0.1, 0.15) is 52.0 Å². The molecule has 1 aliphatic carbocycles. The quantitative estimate of drug-likeness (QED) is 0.881. The summed E-state index contributed by atoms with van der Waals surface area (Å²) >= 11 is 1.83. The fourth-order valence-electron chi connectivity index (χ4n) is 2.44. The van der Waals surface area contributed by atoms with Crippen LogP contribution in [0.5, 0.6) is 0 Å². The summed E-state index contributed by atoms with van der Waals surface area (Å²) in [5.74, 6) is 0. The standard InChI is InChI=1S/C17H27NOS/c1-17(2,3)18-12-13-8-10-14(11-9-13)20-16-7-5-4-6-15(16)19/h8-11,15-16,18-19H,4-7,12H2,1-3H3. The van der Waals surface area contributed by atoms with Gasteiger partial charge in [-0.25, -0.2) is 0 Å². The van der Waals surface area contributed by atoms with Gasteiger partial charge in [-0.15, -0.1) is 11.8 Å². The second-order valence-corrected chi connectivity index (χ2v) is 8.07. The smallest absolute Gasteiger partial charge is 0.0662 e. The van der Waals surface area contributed by atoms with Crippen LogP contribution in [-0.4, -0.2) is 22.0 Å². The summed E-state index contributed by atoms with van der Waals surface area (Å²) in [6, 6.07) is 8.75. The molecule has 1 aliphatic rings. The fraction of sp³-hybridized carbons (Fsp3) is 0.647. The van der Waals surface area contributed by atoms with Crippen LogP contribution in [0.25, 0.3) is 0 Å². The third-order valence-electron chi connectivity index (χ3n) is 3.70. The summed E-state index contributed by atoms with van der Waals surface area (Å²) in [6.07, 6.45) is 4.40. The van der Waals surface area contributed by atoms with Gasteiger partial charge >= 0.3 is 0 Å². The molecule has 2 N–H and O–H groups in total. The van der Waals surface area contributed by atoms with Crippen molar-refractivity contribution < 1.29 is 5.11 Å².